The van der Waals surface area contributed by atoms with Gasteiger partial charge in [0.25, 0.3) is 0 Å². The summed E-state index contributed by atoms with van der Waals surface area (Å²) in [5.41, 5.74) is 0.0107. The van der Waals surface area contributed by atoms with Crippen molar-refractivity contribution in [3.63, 3.8) is 0 Å². The Morgan fingerprint density at radius 1 is 1.43 bits per heavy atom. The lowest BCUT2D eigenvalue weighted by atomic mass is 9.73. The van der Waals surface area contributed by atoms with Crippen molar-refractivity contribution in [1.29, 1.82) is 0 Å². The van der Waals surface area contributed by atoms with Crippen LogP contribution in [0.5, 0.6) is 0 Å². The largest absolute Gasteiger partial charge is 0.383 e. The number of carbonyl (C=O) groups is 1. The maximum atomic E-state index is 11.9. The zero-order valence-corrected chi connectivity index (χ0v) is 14.7. The van der Waals surface area contributed by atoms with E-state index < -0.39 is 5.60 Å². The van der Waals surface area contributed by atoms with Crippen LogP contribution >= 0.6 is 0 Å². The quantitative estimate of drug-likeness (QED) is 0.777. The van der Waals surface area contributed by atoms with Gasteiger partial charge in [0.05, 0.1) is 12.7 Å². The smallest absolute Gasteiger partial charge is 0.314 e. The lowest BCUT2D eigenvalue weighted by molar-refractivity contribution is 0.0592. The second-order valence-electron chi connectivity index (χ2n) is 7.85. The molecule has 1 atom stereocenters. The highest BCUT2D eigenvalue weighted by Crippen LogP contribution is 2.37. The number of nitrogens with one attached hydrogen (secondary N) is 2. The number of aromatic nitrogens is 2. The van der Waals surface area contributed by atoms with Crippen molar-refractivity contribution in [3.8, 4) is 0 Å². The summed E-state index contributed by atoms with van der Waals surface area (Å²) in [6, 6.07) is -0.223. The van der Waals surface area contributed by atoms with Crippen LogP contribution in [-0.2, 0) is 12.6 Å². The topological polar surface area (TPSA) is 79.2 Å². The number of rotatable bonds is 5. The molecule has 0 spiro atoms. The van der Waals surface area contributed by atoms with E-state index in [0.717, 1.165) is 0 Å². The first kappa shape index (κ1) is 17.8. The molecule has 1 unspecified atom stereocenters. The molecule has 6 nitrogen and oxygen atoms in total. The van der Waals surface area contributed by atoms with Gasteiger partial charge in [-0.05, 0) is 43.9 Å². The zero-order chi connectivity index (χ0) is 17.1. The van der Waals surface area contributed by atoms with Crippen molar-refractivity contribution in [2.75, 3.05) is 13.1 Å². The van der Waals surface area contributed by atoms with Crippen molar-refractivity contribution in [1.82, 2.24) is 20.4 Å². The van der Waals surface area contributed by atoms with Crippen LogP contribution in [-0.4, -0.2) is 34.0 Å². The van der Waals surface area contributed by atoms with Gasteiger partial charge in [0.1, 0.15) is 5.60 Å². The maximum absolute atomic E-state index is 11.9. The number of nitrogens with zero attached hydrogens (tertiary/aromatic N) is 2. The second-order valence-corrected chi connectivity index (χ2v) is 7.85. The number of hydrogen-bond acceptors (Lipinski definition) is 3. The van der Waals surface area contributed by atoms with Gasteiger partial charge in [-0.2, -0.15) is 5.10 Å². The van der Waals surface area contributed by atoms with Gasteiger partial charge < -0.3 is 15.7 Å². The molecule has 130 valence electrons. The van der Waals surface area contributed by atoms with Gasteiger partial charge in [0.15, 0.2) is 0 Å². The molecule has 2 amide bonds. The SMILES string of the molecule is Cn1cc(C(C)(O)CNC(=O)NCC2CCC(C)(C)CC2)cn1. The number of hydrogen-bond donors (Lipinski definition) is 3. The molecule has 1 saturated carbocycles. The molecule has 3 N–H and O–H groups in total. The standard InChI is InChI=1S/C17H30N4O2/c1-16(2)7-5-13(6-8-16)9-18-15(22)19-12-17(3,23)14-10-20-21(4)11-14/h10-11,13,23H,5-9,12H2,1-4H3,(H2,18,19,22). The Morgan fingerprint density at radius 2 is 2.09 bits per heavy atom. The number of amides is 2. The molecule has 0 aliphatic heterocycles. The highest BCUT2D eigenvalue weighted by molar-refractivity contribution is 5.73. The molecule has 1 heterocycles. The minimum atomic E-state index is -1.12. The third-order valence-corrected chi connectivity index (χ3v) is 4.93. The van der Waals surface area contributed by atoms with Gasteiger partial charge in [-0.25, -0.2) is 4.79 Å². The van der Waals surface area contributed by atoms with E-state index in [-0.39, 0.29) is 12.6 Å². The fraction of sp³-hybridized carbons (Fsp3) is 0.765. The van der Waals surface area contributed by atoms with Crippen molar-refractivity contribution in [2.45, 2.75) is 52.1 Å². The van der Waals surface area contributed by atoms with Crippen molar-refractivity contribution in [3.05, 3.63) is 18.0 Å². The molecule has 0 bridgehead atoms. The van der Waals surface area contributed by atoms with Gasteiger partial charge in [-0.3, -0.25) is 4.68 Å². The van der Waals surface area contributed by atoms with E-state index in [1.165, 1.54) is 25.7 Å². The Kier molecular flexibility index (Phi) is 5.34. The van der Waals surface area contributed by atoms with E-state index in [4.69, 9.17) is 0 Å². The molecule has 23 heavy (non-hydrogen) atoms. The van der Waals surface area contributed by atoms with Gasteiger partial charge in [0, 0.05) is 25.4 Å². The normalized spacial score (nSPS) is 20.7. The van der Waals surface area contributed by atoms with E-state index >= 15 is 0 Å². The van der Waals surface area contributed by atoms with Crippen LogP contribution in [0.1, 0.15) is 52.0 Å². The molecular weight excluding hydrogens is 292 g/mol. The fourth-order valence-corrected chi connectivity index (χ4v) is 3.02. The molecule has 6 heteroatoms. The van der Waals surface area contributed by atoms with Gasteiger partial charge >= 0.3 is 6.03 Å². The summed E-state index contributed by atoms with van der Waals surface area (Å²) in [6.45, 7) is 7.15. The van der Waals surface area contributed by atoms with Crippen LogP contribution in [0.2, 0.25) is 0 Å². The third-order valence-electron chi connectivity index (χ3n) is 4.93. The van der Waals surface area contributed by atoms with E-state index in [2.05, 4.69) is 29.6 Å². The van der Waals surface area contributed by atoms with Crippen LogP contribution in [0.4, 0.5) is 4.79 Å². The Balaban J connectivity index is 1.71. The molecule has 2 rings (SSSR count). The lowest BCUT2D eigenvalue weighted by Gasteiger charge is -2.34. The first-order valence-electron chi connectivity index (χ1n) is 8.41. The zero-order valence-electron chi connectivity index (χ0n) is 14.7. The molecule has 0 saturated heterocycles. The summed E-state index contributed by atoms with van der Waals surface area (Å²) < 4.78 is 1.63. The highest BCUT2D eigenvalue weighted by Gasteiger charge is 2.28. The number of carbonyl (C=O) groups excluding carboxylic acids is 1. The number of urea groups is 1. The van der Waals surface area contributed by atoms with Crippen molar-refractivity contribution >= 4 is 6.03 Å². The summed E-state index contributed by atoms with van der Waals surface area (Å²) in [4.78, 5) is 11.9. The Labute approximate surface area is 138 Å². The van der Waals surface area contributed by atoms with E-state index in [0.29, 0.717) is 23.4 Å². The Bertz CT molecular complexity index is 526. The molecule has 1 aliphatic rings. The third kappa shape index (κ3) is 5.23. The average Bonchev–Trinajstić information content (AvgIpc) is 2.91. The lowest BCUT2D eigenvalue weighted by Crippen LogP contribution is -2.45. The van der Waals surface area contributed by atoms with Crippen molar-refractivity contribution in [2.24, 2.45) is 18.4 Å². The molecule has 0 aromatic carbocycles. The van der Waals surface area contributed by atoms with Crippen LogP contribution in [0.15, 0.2) is 12.4 Å². The first-order chi connectivity index (χ1) is 10.7. The van der Waals surface area contributed by atoms with E-state index in [1.54, 1.807) is 31.0 Å². The minimum Gasteiger partial charge on any atom is -0.383 e. The van der Waals surface area contributed by atoms with E-state index in [9.17, 15) is 9.90 Å². The summed E-state index contributed by atoms with van der Waals surface area (Å²) >= 11 is 0. The predicted molar refractivity (Wildman–Crippen MR) is 89.9 cm³/mol. The number of aliphatic hydroxyl groups is 1. The van der Waals surface area contributed by atoms with Gasteiger partial charge in [-0.15, -0.1) is 0 Å². The molecule has 1 aromatic rings. The average molecular weight is 322 g/mol. The monoisotopic (exact) mass is 322 g/mol. The van der Waals surface area contributed by atoms with Crippen LogP contribution in [0.3, 0.4) is 0 Å². The molecular formula is C17H30N4O2. The molecule has 1 fully saturated rings. The van der Waals surface area contributed by atoms with Crippen LogP contribution < -0.4 is 10.6 Å². The van der Waals surface area contributed by atoms with Crippen LogP contribution in [0, 0.1) is 11.3 Å². The van der Waals surface area contributed by atoms with Gasteiger partial charge in [-0.1, -0.05) is 13.8 Å². The maximum Gasteiger partial charge on any atom is 0.314 e. The molecule has 0 radical (unpaired) electrons. The van der Waals surface area contributed by atoms with Crippen LogP contribution in [0.25, 0.3) is 0 Å². The highest BCUT2D eigenvalue weighted by atomic mass is 16.3. The first-order valence-corrected chi connectivity index (χ1v) is 8.41. The fourth-order valence-electron chi connectivity index (χ4n) is 3.02. The minimum absolute atomic E-state index is 0.155. The summed E-state index contributed by atoms with van der Waals surface area (Å²) in [5.74, 6) is 0.563. The summed E-state index contributed by atoms with van der Waals surface area (Å²) in [5, 5.41) is 20.2. The molecule has 1 aromatic heterocycles. The summed E-state index contributed by atoms with van der Waals surface area (Å²) in [6.07, 6.45) is 8.14. The number of aryl methyl sites for hydroxylation is 1. The molecule has 1 aliphatic carbocycles. The summed E-state index contributed by atoms with van der Waals surface area (Å²) in [7, 11) is 1.80. The second kappa shape index (κ2) is 6.91. The Hall–Kier alpha value is -1.56. The van der Waals surface area contributed by atoms with E-state index in [1.807, 2.05) is 0 Å². The van der Waals surface area contributed by atoms with Crippen molar-refractivity contribution < 1.29 is 9.90 Å². The Morgan fingerprint density at radius 3 is 2.65 bits per heavy atom. The van der Waals surface area contributed by atoms with Gasteiger partial charge in [0.2, 0.25) is 0 Å². The predicted octanol–water partition coefficient (Wildman–Crippen LogP) is 2.14.